The van der Waals surface area contributed by atoms with E-state index in [-0.39, 0.29) is 59.5 Å². The standard InChI is InChI=1S/C56H66ClF7N8O5/c1-54(33-46(54)36-10-16-42(57)17-11-36)66-20-4-3-5-47(67-50(73)37-6-12-40(13-7-37)55(59,60)61)52(75)72-28-24-70(25-29-72)34-39-31-43(58)18-19-44(39)45-32-48(45)65-21-30-77-35-49(53(76)71-26-22-69(2)23-27-71)68-51(74)38-8-14-41(15-9-38)56(62,63)64/h6-19,31,45-49,65-66H,3-5,20-30,32-35H2,1-2H3,(H,67,73)(H,68,74). The quantitative estimate of drug-likeness (QED) is 0.0461. The topological polar surface area (TPSA) is 139 Å². The van der Waals surface area contributed by atoms with Crippen molar-refractivity contribution >= 4 is 35.2 Å². The third kappa shape index (κ3) is 15.6. The van der Waals surface area contributed by atoms with Crippen molar-refractivity contribution in [3.63, 3.8) is 0 Å². The van der Waals surface area contributed by atoms with Crippen LogP contribution in [-0.4, -0.2) is 153 Å². The van der Waals surface area contributed by atoms with Crippen molar-refractivity contribution in [2.75, 3.05) is 85.7 Å². The van der Waals surface area contributed by atoms with Crippen LogP contribution < -0.4 is 21.3 Å². The summed E-state index contributed by atoms with van der Waals surface area (Å²) < 4.78 is 100. The van der Waals surface area contributed by atoms with Crippen LogP contribution >= 0.6 is 11.6 Å². The number of carbonyl (C=O) groups is 4. The Balaban J connectivity index is 0.813. The minimum absolute atomic E-state index is 0.00828. The van der Waals surface area contributed by atoms with E-state index in [1.807, 2.05) is 31.3 Å². The zero-order valence-corrected chi connectivity index (χ0v) is 43.9. The number of nitrogens with one attached hydrogen (secondary N) is 4. The number of amides is 4. The average molecular weight is 1100 g/mol. The summed E-state index contributed by atoms with van der Waals surface area (Å²) in [5.41, 5.74) is 1.15. The maximum absolute atomic E-state index is 14.8. The van der Waals surface area contributed by atoms with Gasteiger partial charge in [0.05, 0.1) is 24.3 Å². The minimum Gasteiger partial charge on any atom is -0.377 e. The van der Waals surface area contributed by atoms with Gasteiger partial charge in [-0.15, -0.1) is 0 Å². The third-order valence-corrected chi connectivity index (χ3v) is 15.5. The predicted octanol–water partition coefficient (Wildman–Crippen LogP) is 7.70. The van der Waals surface area contributed by atoms with Crippen molar-refractivity contribution in [2.24, 2.45) is 0 Å². The highest BCUT2D eigenvalue weighted by atomic mass is 35.5. The monoisotopic (exact) mass is 1100 g/mol. The van der Waals surface area contributed by atoms with E-state index < -0.39 is 47.4 Å². The number of likely N-dealkylation sites (N-methyl/N-ethyl adjacent to an activating group) is 1. The lowest BCUT2D eigenvalue weighted by Crippen LogP contribution is -2.55. The van der Waals surface area contributed by atoms with Gasteiger partial charge in [0.15, 0.2) is 0 Å². The van der Waals surface area contributed by atoms with Gasteiger partial charge in [-0.1, -0.05) is 29.8 Å². The Morgan fingerprint density at radius 2 is 1.27 bits per heavy atom. The molecule has 0 aromatic heterocycles. The van der Waals surface area contributed by atoms with Crippen LogP contribution in [0.5, 0.6) is 0 Å². The van der Waals surface area contributed by atoms with Crippen LogP contribution in [0.1, 0.15) is 99.4 Å². The molecule has 2 heterocycles. The highest BCUT2D eigenvalue weighted by Crippen LogP contribution is 2.51. The van der Waals surface area contributed by atoms with E-state index in [0.29, 0.717) is 95.8 Å². The molecular weight excluding hydrogens is 1030 g/mol. The molecule has 21 heteroatoms. The summed E-state index contributed by atoms with van der Waals surface area (Å²) in [4.78, 5) is 61.9. The van der Waals surface area contributed by atoms with Gasteiger partial charge in [-0.05, 0) is 142 Å². The van der Waals surface area contributed by atoms with Crippen molar-refractivity contribution in [1.82, 2.24) is 40.9 Å². The number of alkyl halides is 6. The molecule has 13 nitrogen and oxygen atoms in total. The van der Waals surface area contributed by atoms with Gasteiger partial charge in [-0.3, -0.25) is 24.1 Å². The fourth-order valence-corrected chi connectivity index (χ4v) is 10.4. The van der Waals surface area contributed by atoms with Crippen molar-refractivity contribution in [3.8, 4) is 0 Å². The SMILES string of the molecule is CN1CCN(C(=O)C(COCCNC2CC2c2ccc(F)cc2CN2CCN(C(=O)C(CCCCNC3(C)CC3c3ccc(Cl)cc3)NC(=O)c3ccc(C(F)(F)F)cc3)CC2)NC(=O)c2ccc(C(F)(F)F)cc2)CC1. The molecule has 2 saturated heterocycles. The summed E-state index contributed by atoms with van der Waals surface area (Å²) in [6.07, 6.45) is -5.73. The summed E-state index contributed by atoms with van der Waals surface area (Å²) in [6.45, 7) is 7.55. The van der Waals surface area contributed by atoms with Gasteiger partial charge in [-0.2, -0.15) is 26.3 Å². The Morgan fingerprint density at radius 3 is 1.86 bits per heavy atom. The number of rotatable bonds is 22. The summed E-state index contributed by atoms with van der Waals surface area (Å²) in [6, 6.07) is 18.3. The van der Waals surface area contributed by atoms with Gasteiger partial charge in [-0.25, -0.2) is 4.39 Å². The average Bonchev–Trinajstić information content (AvgIpc) is 4.36. The molecule has 4 amide bonds. The molecule has 4 aromatic rings. The van der Waals surface area contributed by atoms with E-state index in [1.165, 1.54) is 17.7 Å². The normalized spacial score (nSPS) is 21.8. The van der Waals surface area contributed by atoms with Gasteiger partial charge in [0.2, 0.25) is 11.8 Å². The molecule has 6 atom stereocenters. The molecule has 4 aromatic carbocycles. The molecule has 0 bridgehead atoms. The van der Waals surface area contributed by atoms with Crippen molar-refractivity contribution < 1.29 is 54.6 Å². The Morgan fingerprint density at radius 1 is 0.714 bits per heavy atom. The number of halogens is 8. The summed E-state index contributed by atoms with van der Waals surface area (Å²) in [5.74, 6) is -1.91. The van der Waals surface area contributed by atoms with Gasteiger partial charge in [0.25, 0.3) is 11.8 Å². The highest BCUT2D eigenvalue weighted by Gasteiger charge is 2.50. The first kappa shape index (κ1) is 57.5. The largest absolute Gasteiger partial charge is 0.416 e. The van der Waals surface area contributed by atoms with Gasteiger partial charge < -0.3 is 40.7 Å². The van der Waals surface area contributed by atoms with Crippen LogP contribution in [0.4, 0.5) is 30.7 Å². The van der Waals surface area contributed by atoms with Crippen molar-refractivity contribution in [1.29, 1.82) is 0 Å². The number of carbonyl (C=O) groups excluding carboxylic acids is 4. The second-order valence-corrected chi connectivity index (χ2v) is 21.3. The zero-order valence-electron chi connectivity index (χ0n) is 43.1. The first-order valence-corrected chi connectivity index (χ1v) is 26.6. The molecule has 4 fully saturated rings. The number of unbranched alkanes of at least 4 members (excludes halogenated alkanes) is 1. The van der Waals surface area contributed by atoms with E-state index in [9.17, 15) is 49.9 Å². The molecule has 4 N–H and O–H groups in total. The maximum Gasteiger partial charge on any atom is 0.416 e. The van der Waals surface area contributed by atoms with Crippen LogP contribution in [0.3, 0.4) is 0 Å². The second kappa shape index (κ2) is 25.0. The van der Waals surface area contributed by atoms with Crippen LogP contribution in [0.25, 0.3) is 0 Å². The molecule has 2 saturated carbocycles. The predicted molar refractivity (Wildman–Crippen MR) is 277 cm³/mol. The van der Waals surface area contributed by atoms with Crippen molar-refractivity contribution in [3.05, 3.63) is 141 Å². The lowest BCUT2D eigenvalue weighted by atomic mass is 10.0. The molecule has 4 aliphatic rings. The van der Waals surface area contributed by atoms with E-state index in [4.69, 9.17) is 16.3 Å². The Hall–Kier alpha value is -5.64. The molecule has 6 unspecified atom stereocenters. The number of nitrogens with zero attached hydrogens (tertiary/aromatic N) is 4. The first-order valence-electron chi connectivity index (χ1n) is 26.2. The maximum atomic E-state index is 14.8. The Labute approximate surface area is 449 Å². The third-order valence-electron chi connectivity index (χ3n) is 15.2. The molecule has 416 valence electrons. The van der Waals surface area contributed by atoms with Crippen LogP contribution in [0.15, 0.2) is 91.0 Å². The lowest BCUT2D eigenvalue weighted by Gasteiger charge is -2.37. The molecule has 77 heavy (non-hydrogen) atoms. The Bertz CT molecular complexity index is 2670. The van der Waals surface area contributed by atoms with E-state index in [0.717, 1.165) is 78.9 Å². The van der Waals surface area contributed by atoms with Crippen molar-refractivity contribution in [2.45, 2.75) is 93.4 Å². The minimum atomic E-state index is -4.57. The molecule has 0 spiro atoms. The zero-order chi connectivity index (χ0) is 55.1. The van der Waals surface area contributed by atoms with Crippen LogP contribution in [-0.2, 0) is 33.2 Å². The van der Waals surface area contributed by atoms with Crippen LogP contribution in [0, 0.1) is 5.82 Å². The van der Waals surface area contributed by atoms with E-state index in [1.54, 1.807) is 15.9 Å². The molecule has 8 rings (SSSR count). The van der Waals surface area contributed by atoms with Gasteiger partial charge >= 0.3 is 12.4 Å². The van der Waals surface area contributed by atoms with Crippen LogP contribution in [0.2, 0.25) is 5.02 Å². The smallest absolute Gasteiger partial charge is 0.377 e. The fourth-order valence-electron chi connectivity index (χ4n) is 10.3. The first-order chi connectivity index (χ1) is 36.6. The molecule has 2 aliphatic heterocycles. The van der Waals surface area contributed by atoms with Gasteiger partial charge in [0, 0.05) is 105 Å². The molecular formula is C56H66ClF7N8O5. The number of hydrogen-bond acceptors (Lipinski definition) is 9. The summed E-state index contributed by atoms with van der Waals surface area (Å²) in [7, 11) is 1.94. The van der Waals surface area contributed by atoms with E-state index in [2.05, 4.69) is 38.0 Å². The lowest BCUT2D eigenvalue weighted by molar-refractivity contribution is -0.138. The molecule has 0 radical (unpaired) electrons. The second-order valence-electron chi connectivity index (χ2n) is 20.9. The number of benzene rings is 4. The van der Waals surface area contributed by atoms with E-state index >= 15 is 0 Å². The number of ether oxygens (including phenoxy) is 1. The van der Waals surface area contributed by atoms with Gasteiger partial charge in [0.1, 0.15) is 17.9 Å². The summed E-state index contributed by atoms with van der Waals surface area (Å²) in [5, 5.41) is 13.3. The summed E-state index contributed by atoms with van der Waals surface area (Å²) >= 11 is 6.09. The number of piperazine rings is 2. The fraction of sp³-hybridized carbons (Fsp3) is 0.500. The molecule has 2 aliphatic carbocycles. The number of hydrogen-bond donors (Lipinski definition) is 4. The highest BCUT2D eigenvalue weighted by molar-refractivity contribution is 6.30. The Kier molecular flexibility index (Phi) is 18.7.